The zero-order valence-electron chi connectivity index (χ0n) is 9.27. The summed E-state index contributed by atoms with van der Waals surface area (Å²) in [5.41, 5.74) is 0.814. The predicted molar refractivity (Wildman–Crippen MR) is 59.1 cm³/mol. The topological polar surface area (TPSA) is 79.2 Å². The van der Waals surface area contributed by atoms with E-state index in [4.69, 9.17) is 14.6 Å². The number of hydrogen-bond acceptors (Lipinski definition) is 5. The maximum absolute atomic E-state index is 9.61. The first-order chi connectivity index (χ1) is 8.22. The third kappa shape index (κ3) is 2.83. The highest BCUT2D eigenvalue weighted by Crippen LogP contribution is 2.27. The standard InChI is InChI=1S/C12H16O5/c13-6-9(14)11-10(15)7-16-12(17-11)8-4-2-1-3-5-8/h1-5,9-15H,6-7H2/t9-,10+,11+,12?/m1/s1. The molecule has 2 rings (SSSR count). The summed E-state index contributed by atoms with van der Waals surface area (Å²) in [7, 11) is 0. The van der Waals surface area contributed by atoms with E-state index in [9.17, 15) is 10.2 Å². The molecule has 1 saturated heterocycles. The number of benzene rings is 1. The summed E-state index contributed by atoms with van der Waals surface area (Å²) in [4.78, 5) is 0. The van der Waals surface area contributed by atoms with Crippen LogP contribution in [0.15, 0.2) is 30.3 Å². The first-order valence-corrected chi connectivity index (χ1v) is 5.51. The molecule has 1 aliphatic heterocycles. The molecule has 0 spiro atoms. The van der Waals surface area contributed by atoms with Crippen LogP contribution in [-0.2, 0) is 9.47 Å². The third-order valence-electron chi connectivity index (χ3n) is 2.72. The minimum atomic E-state index is -1.11. The second kappa shape index (κ2) is 5.57. The van der Waals surface area contributed by atoms with E-state index in [1.165, 1.54) is 0 Å². The van der Waals surface area contributed by atoms with E-state index in [1.54, 1.807) is 0 Å². The number of aliphatic hydroxyl groups excluding tert-OH is 3. The number of rotatable bonds is 3. The van der Waals surface area contributed by atoms with Gasteiger partial charge in [-0.1, -0.05) is 30.3 Å². The summed E-state index contributed by atoms with van der Waals surface area (Å²) in [5, 5.41) is 28.0. The minimum absolute atomic E-state index is 0.0707. The van der Waals surface area contributed by atoms with Crippen molar-refractivity contribution in [2.45, 2.75) is 24.6 Å². The van der Waals surface area contributed by atoms with Crippen LogP contribution in [0.4, 0.5) is 0 Å². The first-order valence-electron chi connectivity index (χ1n) is 5.51. The van der Waals surface area contributed by atoms with Crippen molar-refractivity contribution in [3.8, 4) is 0 Å². The van der Waals surface area contributed by atoms with Gasteiger partial charge in [0.05, 0.1) is 13.2 Å². The van der Waals surface area contributed by atoms with Crippen molar-refractivity contribution in [2.24, 2.45) is 0 Å². The molecule has 5 heteroatoms. The second-order valence-electron chi connectivity index (χ2n) is 3.99. The van der Waals surface area contributed by atoms with E-state index in [-0.39, 0.29) is 6.61 Å². The third-order valence-corrected chi connectivity index (χ3v) is 2.72. The lowest BCUT2D eigenvalue weighted by atomic mass is 10.1. The highest BCUT2D eigenvalue weighted by molar-refractivity contribution is 5.16. The molecule has 1 heterocycles. The Morgan fingerprint density at radius 3 is 2.65 bits per heavy atom. The summed E-state index contributed by atoms with van der Waals surface area (Å²) >= 11 is 0. The molecule has 1 unspecified atom stereocenters. The van der Waals surface area contributed by atoms with E-state index in [2.05, 4.69) is 0 Å². The Labute approximate surface area is 99.2 Å². The maximum Gasteiger partial charge on any atom is 0.184 e. The van der Waals surface area contributed by atoms with E-state index < -0.39 is 31.2 Å². The van der Waals surface area contributed by atoms with Crippen LogP contribution in [0.3, 0.4) is 0 Å². The van der Waals surface area contributed by atoms with Gasteiger partial charge in [-0.25, -0.2) is 0 Å². The molecule has 5 nitrogen and oxygen atoms in total. The first kappa shape index (κ1) is 12.5. The molecule has 1 aromatic rings. The van der Waals surface area contributed by atoms with Gasteiger partial charge in [0.15, 0.2) is 6.29 Å². The van der Waals surface area contributed by atoms with Crippen LogP contribution in [0.2, 0.25) is 0 Å². The summed E-state index contributed by atoms with van der Waals surface area (Å²) in [6, 6.07) is 9.26. The van der Waals surface area contributed by atoms with E-state index >= 15 is 0 Å². The van der Waals surface area contributed by atoms with Crippen LogP contribution >= 0.6 is 0 Å². The molecule has 1 aromatic carbocycles. The Bertz CT molecular complexity index is 338. The van der Waals surface area contributed by atoms with E-state index in [0.29, 0.717) is 0 Å². The van der Waals surface area contributed by atoms with Crippen molar-refractivity contribution in [3.63, 3.8) is 0 Å². The Morgan fingerprint density at radius 2 is 2.00 bits per heavy atom. The van der Waals surface area contributed by atoms with Crippen molar-refractivity contribution < 1.29 is 24.8 Å². The van der Waals surface area contributed by atoms with Gasteiger partial charge in [0.2, 0.25) is 0 Å². The number of aliphatic hydroxyl groups is 3. The molecular weight excluding hydrogens is 224 g/mol. The van der Waals surface area contributed by atoms with Crippen LogP contribution in [0.25, 0.3) is 0 Å². The normalized spacial score (nSPS) is 31.1. The Kier molecular flexibility index (Phi) is 4.09. The van der Waals surface area contributed by atoms with Crippen molar-refractivity contribution in [2.75, 3.05) is 13.2 Å². The van der Waals surface area contributed by atoms with Gasteiger partial charge in [0, 0.05) is 5.56 Å². The van der Waals surface area contributed by atoms with Crippen LogP contribution < -0.4 is 0 Å². The van der Waals surface area contributed by atoms with E-state index in [0.717, 1.165) is 5.56 Å². The molecule has 0 radical (unpaired) electrons. The van der Waals surface area contributed by atoms with Gasteiger partial charge >= 0.3 is 0 Å². The molecule has 1 aliphatic rings. The zero-order valence-corrected chi connectivity index (χ0v) is 9.27. The monoisotopic (exact) mass is 240 g/mol. The summed E-state index contributed by atoms with van der Waals surface area (Å²) in [6.07, 6.45) is -3.50. The second-order valence-corrected chi connectivity index (χ2v) is 3.99. The van der Waals surface area contributed by atoms with Gasteiger partial charge in [0.25, 0.3) is 0 Å². The fourth-order valence-electron chi connectivity index (χ4n) is 1.79. The zero-order chi connectivity index (χ0) is 12.3. The van der Waals surface area contributed by atoms with Crippen LogP contribution in [0.5, 0.6) is 0 Å². The molecule has 4 atom stereocenters. The lowest BCUT2D eigenvalue weighted by Gasteiger charge is -2.36. The highest BCUT2D eigenvalue weighted by Gasteiger charge is 2.35. The van der Waals surface area contributed by atoms with Crippen molar-refractivity contribution in [1.29, 1.82) is 0 Å². The van der Waals surface area contributed by atoms with Crippen molar-refractivity contribution in [1.82, 2.24) is 0 Å². The highest BCUT2D eigenvalue weighted by atomic mass is 16.7. The van der Waals surface area contributed by atoms with Gasteiger partial charge in [-0.2, -0.15) is 0 Å². The molecule has 0 aromatic heterocycles. The van der Waals surface area contributed by atoms with E-state index in [1.807, 2.05) is 30.3 Å². The van der Waals surface area contributed by atoms with Crippen LogP contribution in [-0.4, -0.2) is 46.8 Å². The van der Waals surface area contributed by atoms with Gasteiger partial charge in [0.1, 0.15) is 18.3 Å². The molecule has 0 bridgehead atoms. The Hall–Kier alpha value is -0.980. The van der Waals surface area contributed by atoms with Gasteiger partial charge in [-0.15, -0.1) is 0 Å². The van der Waals surface area contributed by atoms with Gasteiger partial charge < -0.3 is 24.8 Å². The summed E-state index contributed by atoms with van der Waals surface area (Å²) in [5.74, 6) is 0. The average molecular weight is 240 g/mol. The molecule has 0 saturated carbocycles. The van der Waals surface area contributed by atoms with Crippen LogP contribution in [0.1, 0.15) is 11.9 Å². The van der Waals surface area contributed by atoms with Crippen molar-refractivity contribution >= 4 is 0 Å². The molecule has 17 heavy (non-hydrogen) atoms. The van der Waals surface area contributed by atoms with Crippen LogP contribution in [0, 0.1) is 0 Å². The lowest BCUT2D eigenvalue weighted by molar-refractivity contribution is -0.277. The lowest BCUT2D eigenvalue weighted by Crippen LogP contribution is -2.48. The maximum atomic E-state index is 9.61. The molecule has 94 valence electrons. The largest absolute Gasteiger partial charge is 0.394 e. The SMILES string of the molecule is OC[C@@H](O)[C@@H]1OC(c2ccccc2)OC[C@@H]1O. The smallest absolute Gasteiger partial charge is 0.184 e. The fraction of sp³-hybridized carbons (Fsp3) is 0.500. The number of hydrogen-bond donors (Lipinski definition) is 3. The Morgan fingerprint density at radius 1 is 1.29 bits per heavy atom. The van der Waals surface area contributed by atoms with Gasteiger partial charge in [-0.05, 0) is 0 Å². The average Bonchev–Trinajstić information content (AvgIpc) is 2.39. The molecule has 0 aliphatic carbocycles. The molecule has 0 amide bonds. The minimum Gasteiger partial charge on any atom is -0.394 e. The molecule has 1 fully saturated rings. The fourth-order valence-corrected chi connectivity index (χ4v) is 1.79. The quantitative estimate of drug-likeness (QED) is 0.682. The molecule has 3 N–H and O–H groups in total. The van der Waals surface area contributed by atoms with Gasteiger partial charge in [-0.3, -0.25) is 0 Å². The van der Waals surface area contributed by atoms with Crippen molar-refractivity contribution in [3.05, 3.63) is 35.9 Å². The predicted octanol–water partition coefficient (Wildman–Crippen LogP) is -0.185. The summed E-state index contributed by atoms with van der Waals surface area (Å²) in [6.45, 7) is -0.384. The Balaban J connectivity index is 2.08. The summed E-state index contributed by atoms with van der Waals surface area (Å²) < 4.78 is 10.8. The number of ether oxygens (including phenoxy) is 2. The molecular formula is C12H16O5.